The lowest BCUT2D eigenvalue weighted by molar-refractivity contribution is 0.0692. The van der Waals surface area contributed by atoms with E-state index in [1.807, 2.05) is 19.9 Å². The Hall–Kier alpha value is -3.02. The van der Waals surface area contributed by atoms with Crippen molar-refractivity contribution in [1.29, 1.82) is 0 Å². The van der Waals surface area contributed by atoms with Crippen molar-refractivity contribution in [3.05, 3.63) is 51.1 Å². The molecule has 2 N–H and O–H groups in total. The summed E-state index contributed by atoms with van der Waals surface area (Å²) in [6, 6.07) is 3.30. The largest absolute Gasteiger partial charge is 0.507 e. The third-order valence-electron chi connectivity index (χ3n) is 4.51. The minimum Gasteiger partial charge on any atom is -0.507 e. The van der Waals surface area contributed by atoms with Crippen LogP contribution in [0.25, 0.3) is 0 Å². The van der Waals surface area contributed by atoms with Gasteiger partial charge in [0.05, 0.1) is 7.11 Å². The topological polar surface area (TPSA) is 93.1 Å². The predicted octanol–water partition coefficient (Wildman–Crippen LogP) is 3.86. The van der Waals surface area contributed by atoms with E-state index in [0.29, 0.717) is 22.4 Å². The number of phenols is 1. The minimum absolute atomic E-state index is 0.106. The van der Waals surface area contributed by atoms with E-state index in [2.05, 4.69) is 0 Å². The lowest BCUT2D eigenvalue weighted by Gasteiger charge is -2.17. The lowest BCUT2D eigenvalue weighted by atomic mass is 9.99. The molecule has 26 heavy (non-hydrogen) atoms. The molecule has 2 rings (SSSR count). The quantitative estimate of drug-likeness (QED) is 0.637. The molecule has 0 amide bonds. The van der Waals surface area contributed by atoms with Gasteiger partial charge in [0, 0.05) is 5.56 Å². The number of aryl methyl sites for hydroxylation is 3. The first-order valence-electron chi connectivity index (χ1n) is 8.03. The molecule has 6 nitrogen and oxygen atoms in total. The van der Waals surface area contributed by atoms with Crippen LogP contribution in [0.5, 0.6) is 17.2 Å². The number of rotatable bonds is 4. The smallest absolute Gasteiger partial charge is 0.347 e. The molecule has 138 valence electrons. The van der Waals surface area contributed by atoms with Gasteiger partial charge in [0.15, 0.2) is 0 Å². The van der Waals surface area contributed by atoms with Crippen molar-refractivity contribution in [2.45, 2.75) is 34.6 Å². The first-order chi connectivity index (χ1) is 12.1. The van der Waals surface area contributed by atoms with Gasteiger partial charge >= 0.3 is 11.9 Å². The third-order valence-corrected chi connectivity index (χ3v) is 4.51. The number of aromatic carboxylic acids is 1. The van der Waals surface area contributed by atoms with Gasteiger partial charge in [-0.25, -0.2) is 9.59 Å². The van der Waals surface area contributed by atoms with Crippen LogP contribution in [0.2, 0.25) is 0 Å². The summed E-state index contributed by atoms with van der Waals surface area (Å²) >= 11 is 0. The summed E-state index contributed by atoms with van der Waals surface area (Å²) in [6.45, 7) is 8.59. The Kier molecular flexibility index (Phi) is 5.25. The standard InChI is InChI=1S/C20H22O6/c1-9-7-10(2)16(18(25-6)12(9)4)20(24)26-14-8-11(3)15(19(22)23)17(21)13(14)5/h7-8,21H,1-6H3,(H,22,23). The number of carbonyl (C=O) groups excluding carboxylic acids is 1. The molecule has 0 unspecified atom stereocenters. The monoisotopic (exact) mass is 358 g/mol. The summed E-state index contributed by atoms with van der Waals surface area (Å²) in [5.41, 5.74) is 3.11. The maximum Gasteiger partial charge on any atom is 0.347 e. The van der Waals surface area contributed by atoms with E-state index in [-0.39, 0.29) is 16.9 Å². The van der Waals surface area contributed by atoms with Crippen LogP contribution in [0.4, 0.5) is 0 Å². The molecule has 0 aliphatic heterocycles. The van der Waals surface area contributed by atoms with E-state index in [1.54, 1.807) is 6.92 Å². The molecule has 0 saturated heterocycles. The zero-order valence-electron chi connectivity index (χ0n) is 15.7. The van der Waals surface area contributed by atoms with Crippen LogP contribution in [-0.4, -0.2) is 29.3 Å². The Morgan fingerprint density at radius 3 is 2.00 bits per heavy atom. The number of methoxy groups -OCH3 is 1. The summed E-state index contributed by atoms with van der Waals surface area (Å²) in [6.07, 6.45) is 0. The maximum absolute atomic E-state index is 12.8. The van der Waals surface area contributed by atoms with Crippen molar-refractivity contribution in [2.24, 2.45) is 0 Å². The maximum atomic E-state index is 12.8. The van der Waals surface area contributed by atoms with E-state index < -0.39 is 17.7 Å². The molecule has 0 heterocycles. The zero-order chi connectivity index (χ0) is 19.8. The van der Waals surface area contributed by atoms with Crippen LogP contribution in [0.3, 0.4) is 0 Å². The predicted molar refractivity (Wildman–Crippen MR) is 96.7 cm³/mol. The second-order valence-electron chi connectivity index (χ2n) is 6.28. The number of hydrogen-bond acceptors (Lipinski definition) is 5. The highest BCUT2D eigenvalue weighted by molar-refractivity contribution is 5.97. The van der Waals surface area contributed by atoms with Gasteiger partial charge in [-0.1, -0.05) is 6.07 Å². The molecular formula is C20H22O6. The van der Waals surface area contributed by atoms with Gasteiger partial charge in [0.2, 0.25) is 0 Å². The number of aromatic hydroxyl groups is 1. The van der Waals surface area contributed by atoms with E-state index in [1.165, 1.54) is 27.0 Å². The van der Waals surface area contributed by atoms with E-state index >= 15 is 0 Å². The summed E-state index contributed by atoms with van der Waals surface area (Å²) in [5, 5.41) is 19.4. The normalized spacial score (nSPS) is 10.5. The van der Waals surface area contributed by atoms with Gasteiger partial charge in [0.25, 0.3) is 0 Å². The highest BCUT2D eigenvalue weighted by Crippen LogP contribution is 2.35. The molecule has 0 aromatic heterocycles. The number of carboxylic acid groups (broad SMARTS) is 1. The summed E-state index contributed by atoms with van der Waals surface area (Å²) < 4.78 is 10.9. The fraction of sp³-hybridized carbons (Fsp3) is 0.300. The lowest BCUT2D eigenvalue weighted by Crippen LogP contribution is -2.14. The fourth-order valence-electron chi connectivity index (χ4n) is 2.95. The van der Waals surface area contributed by atoms with Crippen molar-refractivity contribution in [2.75, 3.05) is 7.11 Å². The number of carbonyl (C=O) groups is 2. The Morgan fingerprint density at radius 1 is 0.885 bits per heavy atom. The van der Waals surface area contributed by atoms with Crippen LogP contribution < -0.4 is 9.47 Å². The number of hydrogen-bond donors (Lipinski definition) is 2. The van der Waals surface area contributed by atoms with Crippen LogP contribution in [0.1, 0.15) is 48.5 Å². The van der Waals surface area contributed by atoms with Crippen molar-refractivity contribution in [3.63, 3.8) is 0 Å². The summed E-state index contributed by atoms with van der Waals surface area (Å²) in [7, 11) is 1.49. The molecule has 0 bridgehead atoms. The van der Waals surface area contributed by atoms with Crippen molar-refractivity contribution in [1.82, 2.24) is 0 Å². The number of benzene rings is 2. The van der Waals surface area contributed by atoms with Gasteiger partial charge in [0.1, 0.15) is 28.4 Å². The van der Waals surface area contributed by atoms with E-state index in [0.717, 1.165) is 11.1 Å². The van der Waals surface area contributed by atoms with Crippen LogP contribution >= 0.6 is 0 Å². The first-order valence-corrected chi connectivity index (χ1v) is 8.03. The Balaban J connectivity index is 2.53. The number of esters is 1. The highest BCUT2D eigenvalue weighted by Gasteiger charge is 2.24. The molecule has 0 aliphatic rings. The second-order valence-corrected chi connectivity index (χ2v) is 6.28. The Morgan fingerprint density at radius 2 is 1.46 bits per heavy atom. The molecule has 0 fully saturated rings. The van der Waals surface area contributed by atoms with Crippen LogP contribution in [0.15, 0.2) is 12.1 Å². The average molecular weight is 358 g/mol. The molecule has 2 aromatic rings. The zero-order valence-corrected chi connectivity index (χ0v) is 15.7. The van der Waals surface area contributed by atoms with Gasteiger partial charge in [-0.3, -0.25) is 0 Å². The molecule has 0 aliphatic carbocycles. The molecule has 0 radical (unpaired) electrons. The van der Waals surface area contributed by atoms with Crippen molar-refractivity contribution < 1.29 is 29.3 Å². The van der Waals surface area contributed by atoms with Crippen LogP contribution in [0, 0.1) is 34.6 Å². The molecule has 6 heteroatoms. The average Bonchev–Trinajstić information content (AvgIpc) is 2.54. The van der Waals surface area contributed by atoms with Gasteiger partial charge in [-0.15, -0.1) is 0 Å². The summed E-state index contributed by atoms with van der Waals surface area (Å²) in [4.78, 5) is 24.0. The summed E-state index contributed by atoms with van der Waals surface area (Å²) in [5.74, 6) is -1.74. The van der Waals surface area contributed by atoms with E-state index in [9.17, 15) is 19.8 Å². The second kappa shape index (κ2) is 7.07. The minimum atomic E-state index is -1.24. The van der Waals surface area contributed by atoms with Gasteiger partial charge in [-0.05, 0) is 62.9 Å². The molecular weight excluding hydrogens is 336 g/mol. The SMILES string of the molecule is COc1c(C)c(C)cc(C)c1C(=O)Oc1cc(C)c(C(=O)O)c(O)c1C. The third kappa shape index (κ3) is 3.22. The Bertz CT molecular complexity index is 911. The van der Waals surface area contributed by atoms with Crippen LogP contribution in [-0.2, 0) is 0 Å². The van der Waals surface area contributed by atoms with Gasteiger partial charge in [-0.2, -0.15) is 0 Å². The van der Waals surface area contributed by atoms with Crippen molar-refractivity contribution in [3.8, 4) is 17.2 Å². The highest BCUT2D eigenvalue weighted by atomic mass is 16.5. The molecule has 2 aromatic carbocycles. The molecule has 0 spiro atoms. The fourth-order valence-corrected chi connectivity index (χ4v) is 2.95. The van der Waals surface area contributed by atoms with Gasteiger partial charge < -0.3 is 19.7 Å². The molecule has 0 saturated carbocycles. The first kappa shape index (κ1) is 19.3. The van der Waals surface area contributed by atoms with E-state index in [4.69, 9.17) is 9.47 Å². The number of ether oxygens (including phenoxy) is 2. The van der Waals surface area contributed by atoms with Crippen molar-refractivity contribution >= 4 is 11.9 Å². The molecule has 0 atom stereocenters. The Labute approximate surface area is 152 Å². The number of carboxylic acids is 1.